The van der Waals surface area contributed by atoms with Gasteiger partial charge in [-0.2, -0.15) is 0 Å². The molecular weight excluding hydrogens is 307 g/mol. The number of hydrogen-bond donors (Lipinski definition) is 5. The molecule has 0 amide bonds. The van der Waals surface area contributed by atoms with Crippen LogP contribution >= 0.6 is 7.60 Å². The van der Waals surface area contributed by atoms with Gasteiger partial charge in [-0.05, 0) is 54.3 Å². The standard InChI is InChI=1S/C15H17O6P/c16-11-4-1-10(2-5-11)3-7-14(18)13-9-12(17)6-8-15(13)22(19,20)21/h1-2,4-6,8-9,14,16-18H,3,7H2,(H2,19,20,21). The molecule has 5 N–H and O–H groups in total. The average molecular weight is 324 g/mol. The number of benzene rings is 2. The van der Waals surface area contributed by atoms with E-state index in [-0.39, 0.29) is 28.8 Å². The van der Waals surface area contributed by atoms with E-state index in [0.29, 0.717) is 6.42 Å². The summed E-state index contributed by atoms with van der Waals surface area (Å²) in [6, 6.07) is 9.91. The van der Waals surface area contributed by atoms with Crippen LogP contribution in [0.5, 0.6) is 11.5 Å². The van der Waals surface area contributed by atoms with Crippen LogP contribution < -0.4 is 5.30 Å². The zero-order valence-electron chi connectivity index (χ0n) is 11.6. The van der Waals surface area contributed by atoms with Gasteiger partial charge in [0, 0.05) is 0 Å². The number of aryl methyl sites for hydroxylation is 1. The smallest absolute Gasteiger partial charge is 0.356 e. The number of phenols is 2. The maximum Gasteiger partial charge on any atom is 0.356 e. The van der Waals surface area contributed by atoms with Crippen molar-refractivity contribution < 1.29 is 29.7 Å². The summed E-state index contributed by atoms with van der Waals surface area (Å²) in [6.45, 7) is 0. The third-order valence-electron chi connectivity index (χ3n) is 3.33. The van der Waals surface area contributed by atoms with Gasteiger partial charge in [0.15, 0.2) is 0 Å². The van der Waals surface area contributed by atoms with Gasteiger partial charge in [-0.1, -0.05) is 12.1 Å². The zero-order valence-corrected chi connectivity index (χ0v) is 12.5. The van der Waals surface area contributed by atoms with E-state index in [0.717, 1.165) is 17.7 Å². The minimum atomic E-state index is -4.54. The molecule has 6 nitrogen and oxygen atoms in total. The molecule has 1 atom stereocenters. The average Bonchev–Trinajstić information content (AvgIpc) is 2.45. The maximum atomic E-state index is 11.5. The summed E-state index contributed by atoms with van der Waals surface area (Å²) in [6.07, 6.45) is -0.442. The number of hydrogen-bond acceptors (Lipinski definition) is 4. The quantitative estimate of drug-likeness (QED) is 0.533. The summed E-state index contributed by atoms with van der Waals surface area (Å²) in [5.74, 6) is -0.0306. The van der Waals surface area contributed by atoms with Crippen LogP contribution in [0.4, 0.5) is 0 Å². The second kappa shape index (κ2) is 6.50. The second-order valence-corrected chi connectivity index (χ2v) is 6.58. The Kier molecular flexibility index (Phi) is 4.88. The highest BCUT2D eigenvalue weighted by molar-refractivity contribution is 7.60. The van der Waals surface area contributed by atoms with Gasteiger partial charge in [-0.25, -0.2) is 0 Å². The van der Waals surface area contributed by atoms with Crippen LogP contribution in [-0.2, 0) is 11.0 Å². The Bertz CT molecular complexity index is 692. The lowest BCUT2D eigenvalue weighted by molar-refractivity contribution is 0.168. The molecule has 2 rings (SSSR count). The van der Waals surface area contributed by atoms with E-state index in [1.54, 1.807) is 12.1 Å². The summed E-state index contributed by atoms with van der Waals surface area (Å²) in [4.78, 5) is 18.6. The number of aliphatic hydroxyl groups excluding tert-OH is 1. The molecule has 1 unspecified atom stereocenters. The number of rotatable bonds is 5. The first-order valence-electron chi connectivity index (χ1n) is 6.62. The van der Waals surface area contributed by atoms with Crippen molar-refractivity contribution in [2.75, 3.05) is 0 Å². The molecule has 0 saturated heterocycles. The van der Waals surface area contributed by atoms with E-state index in [1.165, 1.54) is 18.2 Å². The van der Waals surface area contributed by atoms with Crippen LogP contribution in [0.25, 0.3) is 0 Å². The third-order valence-corrected chi connectivity index (χ3v) is 4.36. The Balaban J connectivity index is 2.18. The van der Waals surface area contributed by atoms with Crippen molar-refractivity contribution in [2.24, 2.45) is 0 Å². The number of phenolic OH excluding ortho intramolecular Hbond substituents is 2. The molecule has 0 fully saturated rings. The summed E-state index contributed by atoms with van der Waals surface area (Å²) in [5, 5.41) is 28.6. The maximum absolute atomic E-state index is 11.5. The van der Waals surface area contributed by atoms with Gasteiger partial charge in [-0.3, -0.25) is 4.57 Å². The van der Waals surface area contributed by atoms with E-state index in [4.69, 9.17) is 0 Å². The molecule has 0 saturated carbocycles. The Morgan fingerprint density at radius 3 is 2.14 bits per heavy atom. The Labute approximate surface area is 127 Å². The van der Waals surface area contributed by atoms with Gasteiger partial charge in [0.05, 0.1) is 11.4 Å². The molecule has 0 aliphatic heterocycles. The normalized spacial score (nSPS) is 13.0. The third kappa shape index (κ3) is 4.08. The van der Waals surface area contributed by atoms with E-state index < -0.39 is 13.7 Å². The van der Waals surface area contributed by atoms with Crippen molar-refractivity contribution in [1.82, 2.24) is 0 Å². The molecule has 7 heteroatoms. The SMILES string of the molecule is O=P(O)(O)c1ccc(O)cc1C(O)CCc1ccc(O)cc1. The van der Waals surface area contributed by atoms with Gasteiger partial charge < -0.3 is 25.1 Å². The highest BCUT2D eigenvalue weighted by Crippen LogP contribution is 2.38. The Morgan fingerprint density at radius 2 is 1.55 bits per heavy atom. The van der Waals surface area contributed by atoms with Crippen molar-refractivity contribution in [3.8, 4) is 11.5 Å². The minimum absolute atomic E-state index is 0.0205. The lowest BCUT2D eigenvalue weighted by Gasteiger charge is -2.17. The number of aliphatic hydroxyl groups is 1. The first kappa shape index (κ1) is 16.5. The van der Waals surface area contributed by atoms with Gasteiger partial charge in [0.1, 0.15) is 11.5 Å². The van der Waals surface area contributed by atoms with Crippen molar-refractivity contribution >= 4 is 12.9 Å². The van der Waals surface area contributed by atoms with E-state index in [2.05, 4.69) is 0 Å². The zero-order chi connectivity index (χ0) is 16.3. The summed E-state index contributed by atoms with van der Waals surface area (Å²) in [7, 11) is -4.54. The van der Waals surface area contributed by atoms with Crippen molar-refractivity contribution in [1.29, 1.82) is 0 Å². The predicted molar refractivity (Wildman–Crippen MR) is 81.2 cm³/mol. The molecule has 0 aliphatic rings. The summed E-state index contributed by atoms with van der Waals surface area (Å²) in [5.41, 5.74) is 0.891. The summed E-state index contributed by atoms with van der Waals surface area (Å²) < 4.78 is 11.5. The molecule has 118 valence electrons. The molecule has 0 heterocycles. The topological polar surface area (TPSA) is 118 Å². The van der Waals surface area contributed by atoms with Crippen molar-refractivity contribution in [2.45, 2.75) is 18.9 Å². The monoisotopic (exact) mass is 324 g/mol. The molecule has 2 aromatic carbocycles. The van der Waals surface area contributed by atoms with Crippen LogP contribution in [0.15, 0.2) is 42.5 Å². The van der Waals surface area contributed by atoms with Crippen LogP contribution in [0, 0.1) is 0 Å². The fourth-order valence-corrected chi connectivity index (χ4v) is 3.01. The van der Waals surface area contributed by atoms with Crippen molar-refractivity contribution in [3.05, 3.63) is 53.6 Å². The molecule has 0 aromatic heterocycles. The van der Waals surface area contributed by atoms with Crippen LogP contribution in [0.1, 0.15) is 23.7 Å². The van der Waals surface area contributed by atoms with Gasteiger partial charge >= 0.3 is 7.60 Å². The molecule has 0 bridgehead atoms. The van der Waals surface area contributed by atoms with Crippen LogP contribution in [0.3, 0.4) is 0 Å². The highest BCUT2D eigenvalue weighted by Gasteiger charge is 2.25. The first-order valence-corrected chi connectivity index (χ1v) is 8.23. The van der Waals surface area contributed by atoms with Crippen molar-refractivity contribution in [3.63, 3.8) is 0 Å². The number of aromatic hydroxyl groups is 2. The first-order chi connectivity index (χ1) is 10.3. The summed E-state index contributed by atoms with van der Waals surface area (Å²) >= 11 is 0. The molecular formula is C15H17O6P. The van der Waals surface area contributed by atoms with Gasteiger partial charge in [0.25, 0.3) is 0 Å². The van der Waals surface area contributed by atoms with Gasteiger partial charge in [0.2, 0.25) is 0 Å². The Morgan fingerprint density at radius 1 is 0.955 bits per heavy atom. The molecule has 0 aliphatic carbocycles. The van der Waals surface area contributed by atoms with Crippen LogP contribution in [0.2, 0.25) is 0 Å². The molecule has 0 radical (unpaired) electrons. The fraction of sp³-hybridized carbons (Fsp3) is 0.200. The molecule has 2 aromatic rings. The highest BCUT2D eigenvalue weighted by atomic mass is 31.2. The van der Waals surface area contributed by atoms with E-state index >= 15 is 0 Å². The Hall–Kier alpha value is -1.85. The minimum Gasteiger partial charge on any atom is -0.508 e. The fourth-order valence-electron chi connectivity index (χ4n) is 2.20. The molecule has 22 heavy (non-hydrogen) atoms. The lowest BCUT2D eigenvalue weighted by atomic mass is 10.0. The molecule has 0 spiro atoms. The van der Waals surface area contributed by atoms with Gasteiger partial charge in [-0.15, -0.1) is 0 Å². The van der Waals surface area contributed by atoms with E-state index in [9.17, 15) is 29.7 Å². The van der Waals surface area contributed by atoms with E-state index in [1.807, 2.05) is 0 Å². The largest absolute Gasteiger partial charge is 0.508 e. The predicted octanol–water partition coefficient (Wildman–Crippen LogP) is 1.57. The lowest BCUT2D eigenvalue weighted by Crippen LogP contribution is -2.15. The van der Waals surface area contributed by atoms with Crippen LogP contribution in [-0.4, -0.2) is 25.1 Å². The second-order valence-electron chi connectivity index (χ2n) is 5.01.